The molecule has 2 aliphatic rings. The highest BCUT2D eigenvalue weighted by molar-refractivity contribution is 5.74. The Morgan fingerprint density at radius 1 is 1.41 bits per heavy atom. The van der Waals surface area contributed by atoms with Crippen LogP contribution in [-0.4, -0.2) is 41.8 Å². The lowest BCUT2D eigenvalue weighted by Gasteiger charge is -2.29. The molecule has 1 aliphatic heterocycles. The smallest absolute Gasteiger partial charge is 0.317 e. The van der Waals surface area contributed by atoms with Gasteiger partial charge in [0.1, 0.15) is 0 Å². The van der Waals surface area contributed by atoms with Gasteiger partial charge in [-0.15, -0.1) is 0 Å². The maximum Gasteiger partial charge on any atom is 0.317 e. The molecule has 2 fully saturated rings. The first kappa shape index (κ1) is 12.7. The lowest BCUT2D eigenvalue weighted by atomic mass is 9.87. The minimum absolute atomic E-state index is 0.0695. The van der Waals surface area contributed by atoms with E-state index >= 15 is 0 Å². The largest absolute Gasteiger partial charge is 0.396 e. The van der Waals surface area contributed by atoms with Crippen molar-refractivity contribution in [3.63, 3.8) is 0 Å². The zero-order chi connectivity index (χ0) is 12.3. The van der Waals surface area contributed by atoms with Gasteiger partial charge in [0, 0.05) is 31.7 Å². The number of likely N-dealkylation sites (tertiary alicyclic amines) is 1. The number of urea groups is 1. The van der Waals surface area contributed by atoms with Crippen molar-refractivity contribution >= 4 is 6.03 Å². The van der Waals surface area contributed by atoms with Crippen LogP contribution in [0.3, 0.4) is 0 Å². The van der Waals surface area contributed by atoms with E-state index in [4.69, 9.17) is 5.11 Å². The number of rotatable bonds is 2. The van der Waals surface area contributed by atoms with Gasteiger partial charge in [0.25, 0.3) is 0 Å². The molecular formula is C13H24N2O2. The van der Waals surface area contributed by atoms with Crippen molar-refractivity contribution in [3.8, 4) is 0 Å². The molecule has 1 saturated carbocycles. The van der Waals surface area contributed by atoms with Gasteiger partial charge in [0.05, 0.1) is 0 Å². The van der Waals surface area contributed by atoms with Crippen molar-refractivity contribution in [2.24, 2.45) is 11.8 Å². The standard InChI is InChI=1S/C13H24N2O2/c1-10-3-2-4-12(7-10)14-13(17)15-6-5-11(8-15)9-16/h10-12,16H,2-9H2,1H3,(H,14,17). The number of carbonyl (C=O) groups is 1. The number of nitrogens with zero attached hydrogens (tertiary/aromatic N) is 1. The minimum atomic E-state index is 0.0695. The zero-order valence-electron chi connectivity index (χ0n) is 10.7. The van der Waals surface area contributed by atoms with Crippen LogP contribution >= 0.6 is 0 Å². The summed E-state index contributed by atoms with van der Waals surface area (Å²) in [5.41, 5.74) is 0. The van der Waals surface area contributed by atoms with Gasteiger partial charge in [-0.25, -0.2) is 4.79 Å². The summed E-state index contributed by atoms with van der Waals surface area (Å²) in [6, 6.07) is 0.430. The summed E-state index contributed by atoms with van der Waals surface area (Å²) >= 11 is 0. The molecule has 98 valence electrons. The molecule has 0 aromatic heterocycles. The van der Waals surface area contributed by atoms with Gasteiger partial charge < -0.3 is 15.3 Å². The summed E-state index contributed by atoms with van der Waals surface area (Å²) in [7, 11) is 0. The van der Waals surface area contributed by atoms with Crippen LogP contribution in [-0.2, 0) is 0 Å². The van der Waals surface area contributed by atoms with Crippen molar-refractivity contribution in [1.82, 2.24) is 10.2 Å². The molecule has 0 aromatic rings. The Kier molecular flexibility index (Phi) is 4.26. The second-order valence-corrected chi connectivity index (χ2v) is 5.70. The average Bonchev–Trinajstić information content (AvgIpc) is 2.77. The van der Waals surface area contributed by atoms with Gasteiger partial charge in [-0.1, -0.05) is 19.8 Å². The average molecular weight is 240 g/mol. The lowest BCUT2D eigenvalue weighted by Crippen LogP contribution is -2.45. The fraction of sp³-hybridized carbons (Fsp3) is 0.923. The third kappa shape index (κ3) is 3.35. The van der Waals surface area contributed by atoms with Crippen molar-refractivity contribution in [2.75, 3.05) is 19.7 Å². The Bertz CT molecular complexity index is 270. The molecule has 2 rings (SSSR count). The normalized spacial score (nSPS) is 33.8. The molecule has 0 radical (unpaired) electrons. The number of nitrogens with one attached hydrogen (secondary N) is 1. The highest BCUT2D eigenvalue weighted by Crippen LogP contribution is 2.24. The van der Waals surface area contributed by atoms with E-state index < -0.39 is 0 Å². The van der Waals surface area contributed by atoms with Crippen LogP contribution in [0.5, 0.6) is 0 Å². The third-order valence-corrected chi connectivity index (χ3v) is 4.10. The van der Waals surface area contributed by atoms with E-state index in [9.17, 15) is 4.79 Å². The molecule has 0 bridgehead atoms. The van der Waals surface area contributed by atoms with Crippen molar-refractivity contribution in [2.45, 2.75) is 45.1 Å². The zero-order valence-corrected chi connectivity index (χ0v) is 10.7. The first-order valence-corrected chi connectivity index (χ1v) is 6.85. The summed E-state index contributed by atoms with van der Waals surface area (Å²) in [5, 5.41) is 12.2. The first-order chi connectivity index (χ1) is 8.19. The predicted molar refractivity (Wildman–Crippen MR) is 66.7 cm³/mol. The van der Waals surface area contributed by atoms with E-state index in [1.54, 1.807) is 0 Å². The van der Waals surface area contributed by atoms with Gasteiger partial charge in [-0.05, 0) is 25.2 Å². The Hall–Kier alpha value is -0.770. The number of hydrogen-bond donors (Lipinski definition) is 2. The minimum Gasteiger partial charge on any atom is -0.396 e. The van der Waals surface area contributed by atoms with Gasteiger partial charge in [-0.2, -0.15) is 0 Å². The van der Waals surface area contributed by atoms with E-state index in [-0.39, 0.29) is 18.6 Å². The second kappa shape index (κ2) is 5.71. The van der Waals surface area contributed by atoms with E-state index in [0.29, 0.717) is 12.6 Å². The van der Waals surface area contributed by atoms with Crippen LogP contribution in [0, 0.1) is 11.8 Å². The Morgan fingerprint density at radius 3 is 2.88 bits per heavy atom. The SMILES string of the molecule is CC1CCCC(NC(=O)N2CCC(CO)C2)C1. The molecule has 3 unspecified atom stereocenters. The van der Waals surface area contributed by atoms with Gasteiger partial charge in [0.15, 0.2) is 0 Å². The Morgan fingerprint density at radius 2 is 2.24 bits per heavy atom. The molecule has 17 heavy (non-hydrogen) atoms. The molecule has 3 atom stereocenters. The van der Waals surface area contributed by atoms with Crippen LogP contribution in [0.2, 0.25) is 0 Å². The molecule has 4 nitrogen and oxygen atoms in total. The number of aliphatic hydroxyl groups excluding tert-OH is 1. The summed E-state index contributed by atoms with van der Waals surface area (Å²) in [5.74, 6) is 1.02. The monoisotopic (exact) mass is 240 g/mol. The molecular weight excluding hydrogens is 216 g/mol. The van der Waals surface area contributed by atoms with Gasteiger partial charge >= 0.3 is 6.03 Å². The number of hydrogen-bond acceptors (Lipinski definition) is 2. The van der Waals surface area contributed by atoms with Crippen molar-refractivity contribution < 1.29 is 9.90 Å². The van der Waals surface area contributed by atoms with E-state index in [1.165, 1.54) is 12.8 Å². The molecule has 2 N–H and O–H groups in total. The quantitative estimate of drug-likeness (QED) is 0.770. The molecule has 0 spiro atoms. The van der Waals surface area contributed by atoms with E-state index in [2.05, 4.69) is 12.2 Å². The molecule has 1 heterocycles. The summed E-state index contributed by atoms with van der Waals surface area (Å²) < 4.78 is 0. The number of carbonyl (C=O) groups excluding carboxylic acids is 1. The number of aliphatic hydroxyl groups is 1. The topological polar surface area (TPSA) is 52.6 Å². The van der Waals surface area contributed by atoms with Crippen molar-refractivity contribution in [3.05, 3.63) is 0 Å². The maximum atomic E-state index is 12.0. The third-order valence-electron chi connectivity index (χ3n) is 4.10. The lowest BCUT2D eigenvalue weighted by molar-refractivity contribution is 0.188. The Labute approximate surface area is 103 Å². The fourth-order valence-electron chi connectivity index (χ4n) is 3.00. The molecule has 1 saturated heterocycles. The fourth-order valence-corrected chi connectivity index (χ4v) is 3.00. The van der Waals surface area contributed by atoms with Gasteiger partial charge in [-0.3, -0.25) is 0 Å². The van der Waals surface area contributed by atoms with Crippen LogP contribution in [0.15, 0.2) is 0 Å². The Balaban J connectivity index is 1.77. The summed E-state index contributed by atoms with van der Waals surface area (Å²) in [4.78, 5) is 13.9. The second-order valence-electron chi connectivity index (χ2n) is 5.70. The van der Waals surface area contributed by atoms with Crippen LogP contribution in [0.4, 0.5) is 4.79 Å². The summed E-state index contributed by atoms with van der Waals surface area (Å²) in [6.45, 7) is 3.96. The molecule has 4 heteroatoms. The van der Waals surface area contributed by atoms with Crippen LogP contribution < -0.4 is 5.32 Å². The van der Waals surface area contributed by atoms with E-state index in [1.807, 2.05) is 4.90 Å². The predicted octanol–water partition coefficient (Wildman–Crippen LogP) is 1.59. The summed E-state index contributed by atoms with van der Waals surface area (Å²) in [6.07, 6.45) is 5.69. The maximum absolute atomic E-state index is 12.0. The number of amides is 2. The van der Waals surface area contributed by atoms with Crippen LogP contribution in [0.25, 0.3) is 0 Å². The highest BCUT2D eigenvalue weighted by atomic mass is 16.3. The molecule has 0 aromatic carbocycles. The molecule has 1 aliphatic carbocycles. The highest BCUT2D eigenvalue weighted by Gasteiger charge is 2.28. The van der Waals surface area contributed by atoms with Gasteiger partial charge in [0.2, 0.25) is 0 Å². The molecule has 2 amide bonds. The van der Waals surface area contributed by atoms with Crippen LogP contribution in [0.1, 0.15) is 39.0 Å². The first-order valence-electron chi connectivity index (χ1n) is 6.85. The van der Waals surface area contributed by atoms with Crippen molar-refractivity contribution in [1.29, 1.82) is 0 Å². The van der Waals surface area contributed by atoms with E-state index in [0.717, 1.165) is 31.7 Å².